The van der Waals surface area contributed by atoms with Crippen LogP contribution >= 0.6 is 0 Å². The fourth-order valence-corrected chi connectivity index (χ4v) is 2.91. The van der Waals surface area contributed by atoms with Crippen molar-refractivity contribution in [3.8, 4) is 0 Å². The Morgan fingerprint density at radius 1 is 1.11 bits per heavy atom. The lowest BCUT2D eigenvalue weighted by atomic mass is 9.88. The summed E-state index contributed by atoms with van der Waals surface area (Å²) in [6.45, 7) is 6.95. The predicted molar refractivity (Wildman–Crippen MR) is 78.9 cm³/mol. The van der Waals surface area contributed by atoms with Gasteiger partial charge in [-0.3, -0.25) is 0 Å². The molecule has 0 saturated heterocycles. The van der Waals surface area contributed by atoms with Crippen molar-refractivity contribution in [2.75, 3.05) is 0 Å². The molecule has 1 aliphatic carbocycles. The van der Waals surface area contributed by atoms with Crippen LogP contribution in [0.4, 0.5) is 0 Å². The number of benzene rings is 1. The van der Waals surface area contributed by atoms with Gasteiger partial charge < -0.3 is 5.32 Å². The Kier molecular flexibility index (Phi) is 4.82. The quantitative estimate of drug-likeness (QED) is 0.828. The zero-order valence-electron chi connectivity index (χ0n) is 12.1. The maximum absolute atomic E-state index is 3.82. The third-order valence-corrected chi connectivity index (χ3v) is 4.04. The maximum Gasteiger partial charge on any atom is 0.0113 e. The molecule has 2 atom stereocenters. The van der Waals surface area contributed by atoms with Crippen LogP contribution in [0.1, 0.15) is 51.2 Å². The Labute approximate surface area is 112 Å². The molecule has 0 aliphatic heterocycles. The highest BCUT2D eigenvalue weighted by atomic mass is 14.9. The number of hydrogen-bond acceptors (Lipinski definition) is 1. The highest BCUT2D eigenvalue weighted by molar-refractivity contribution is 5.30. The molecule has 1 aromatic carbocycles. The van der Waals surface area contributed by atoms with Crippen LogP contribution < -0.4 is 5.32 Å². The first-order chi connectivity index (χ1) is 8.65. The minimum atomic E-state index is 0.655. The summed E-state index contributed by atoms with van der Waals surface area (Å²) in [5.41, 5.74) is 3.11. The van der Waals surface area contributed by atoms with Crippen molar-refractivity contribution in [1.82, 2.24) is 5.32 Å². The first kappa shape index (κ1) is 13.6. The zero-order valence-corrected chi connectivity index (χ0v) is 12.1. The molecule has 0 bridgehead atoms. The lowest BCUT2D eigenvalue weighted by Crippen LogP contribution is -2.40. The molecule has 0 amide bonds. The second kappa shape index (κ2) is 6.38. The minimum Gasteiger partial charge on any atom is -0.311 e. The average molecular weight is 245 g/mol. The Hall–Kier alpha value is -0.820. The van der Waals surface area contributed by atoms with Gasteiger partial charge in [-0.1, -0.05) is 38.1 Å². The van der Waals surface area contributed by atoms with Crippen LogP contribution in [0.15, 0.2) is 24.3 Å². The van der Waals surface area contributed by atoms with Gasteiger partial charge in [-0.25, -0.2) is 0 Å². The molecule has 1 N–H and O–H groups in total. The average Bonchev–Trinajstić information content (AvgIpc) is 2.36. The van der Waals surface area contributed by atoms with Crippen LogP contribution in [-0.4, -0.2) is 12.1 Å². The summed E-state index contributed by atoms with van der Waals surface area (Å²) < 4.78 is 0. The number of rotatable bonds is 5. The van der Waals surface area contributed by atoms with Crippen molar-refractivity contribution in [2.24, 2.45) is 5.92 Å². The van der Waals surface area contributed by atoms with E-state index >= 15 is 0 Å². The summed E-state index contributed by atoms with van der Waals surface area (Å²) in [6.07, 6.45) is 6.38. The van der Waals surface area contributed by atoms with E-state index in [0.717, 1.165) is 5.92 Å². The molecule has 0 spiro atoms. The summed E-state index contributed by atoms with van der Waals surface area (Å²) in [4.78, 5) is 0. The van der Waals surface area contributed by atoms with Gasteiger partial charge in [-0.15, -0.1) is 0 Å². The normalized spacial score (nSPS) is 20.8. The molecule has 0 fully saturated rings. The molecule has 1 aliphatic rings. The van der Waals surface area contributed by atoms with Gasteiger partial charge in [0, 0.05) is 12.1 Å². The highest BCUT2D eigenvalue weighted by Crippen LogP contribution is 2.21. The van der Waals surface area contributed by atoms with Crippen molar-refractivity contribution in [3.05, 3.63) is 35.4 Å². The van der Waals surface area contributed by atoms with E-state index in [-0.39, 0.29) is 0 Å². The zero-order chi connectivity index (χ0) is 13.0. The second-order valence-electron chi connectivity index (χ2n) is 6.25. The van der Waals surface area contributed by atoms with Gasteiger partial charge in [0.15, 0.2) is 0 Å². The van der Waals surface area contributed by atoms with Gasteiger partial charge in [0.05, 0.1) is 0 Å². The van der Waals surface area contributed by atoms with Gasteiger partial charge in [-0.2, -0.15) is 0 Å². The summed E-state index contributed by atoms with van der Waals surface area (Å²) >= 11 is 0. The van der Waals surface area contributed by atoms with Gasteiger partial charge >= 0.3 is 0 Å². The monoisotopic (exact) mass is 245 g/mol. The number of aryl methyl sites for hydroxylation is 1. The fourth-order valence-electron chi connectivity index (χ4n) is 2.91. The minimum absolute atomic E-state index is 0.655. The summed E-state index contributed by atoms with van der Waals surface area (Å²) in [7, 11) is 0. The second-order valence-corrected chi connectivity index (χ2v) is 6.25. The van der Waals surface area contributed by atoms with Crippen LogP contribution in [0.2, 0.25) is 0 Å². The summed E-state index contributed by atoms with van der Waals surface area (Å²) in [5.74, 6) is 0.821. The molecule has 1 heteroatoms. The molecule has 0 saturated carbocycles. The van der Waals surface area contributed by atoms with Crippen LogP contribution in [0.5, 0.6) is 0 Å². The van der Waals surface area contributed by atoms with Gasteiger partial charge in [0.1, 0.15) is 0 Å². The van der Waals surface area contributed by atoms with E-state index in [0.29, 0.717) is 12.1 Å². The Balaban J connectivity index is 1.82. The molecule has 0 heterocycles. The van der Waals surface area contributed by atoms with Gasteiger partial charge in [0.2, 0.25) is 0 Å². The van der Waals surface area contributed by atoms with E-state index in [2.05, 4.69) is 50.4 Å². The number of nitrogens with one attached hydrogen (secondary N) is 1. The standard InChI is InChI=1S/C17H27N/c1-13(2)8-9-14(3)18-17-11-10-15-6-4-5-7-16(15)12-17/h4-7,13-14,17-18H,8-12H2,1-3H3. The van der Waals surface area contributed by atoms with Crippen LogP contribution in [0, 0.1) is 5.92 Å². The SMILES string of the molecule is CC(C)CCC(C)NC1CCc2ccccc2C1. The molecular weight excluding hydrogens is 218 g/mol. The molecule has 18 heavy (non-hydrogen) atoms. The first-order valence-electron chi connectivity index (χ1n) is 7.48. The van der Waals surface area contributed by atoms with E-state index in [4.69, 9.17) is 0 Å². The van der Waals surface area contributed by atoms with Gasteiger partial charge in [0.25, 0.3) is 0 Å². The van der Waals surface area contributed by atoms with Crippen molar-refractivity contribution in [2.45, 2.75) is 65.0 Å². The molecule has 100 valence electrons. The Morgan fingerprint density at radius 3 is 2.56 bits per heavy atom. The molecule has 0 aromatic heterocycles. The van der Waals surface area contributed by atoms with E-state index < -0.39 is 0 Å². The van der Waals surface area contributed by atoms with Crippen LogP contribution in [0.25, 0.3) is 0 Å². The maximum atomic E-state index is 3.82. The molecule has 1 nitrogen and oxygen atoms in total. The van der Waals surface area contributed by atoms with Crippen molar-refractivity contribution >= 4 is 0 Å². The lowest BCUT2D eigenvalue weighted by Gasteiger charge is -2.28. The summed E-state index contributed by atoms with van der Waals surface area (Å²) in [5, 5.41) is 3.82. The molecular formula is C17H27N. The van der Waals surface area contributed by atoms with Gasteiger partial charge in [-0.05, 0) is 56.1 Å². The Morgan fingerprint density at radius 2 is 1.83 bits per heavy atom. The number of fused-ring (bicyclic) bond motifs is 1. The summed E-state index contributed by atoms with van der Waals surface area (Å²) in [6, 6.07) is 10.3. The number of hydrogen-bond donors (Lipinski definition) is 1. The lowest BCUT2D eigenvalue weighted by molar-refractivity contribution is 0.374. The fraction of sp³-hybridized carbons (Fsp3) is 0.647. The highest BCUT2D eigenvalue weighted by Gasteiger charge is 2.19. The first-order valence-corrected chi connectivity index (χ1v) is 7.48. The largest absolute Gasteiger partial charge is 0.311 e. The molecule has 0 radical (unpaired) electrons. The third-order valence-electron chi connectivity index (χ3n) is 4.04. The van der Waals surface area contributed by atoms with Crippen LogP contribution in [0.3, 0.4) is 0 Å². The van der Waals surface area contributed by atoms with Crippen molar-refractivity contribution in [3.63, 3.8) is 0 Å². The van der Waals surface area contributed by atoms with E-state index in [1.54, 1.807) is 11.1 Å². The van der Waals surface area contributed by atoms with Crippen molar-refractivity contribution in [1.29, 1.82) is 0 Å². The third kappa shape index (κ3) is 3.84. The van der Waals surface area contributed by atoms with E-state index in [9.17, 15) is 0 Å². The smallest absolute Gasteiger partial charge is 0.0113 e. The predicted octanol–water partition coefficient (Wildman–Crippen LogP) is 3.96. The van der Waals surface area contributed by atoms with E-state index in [1.807, 2.05) is 0 Å². The van der Waals surface area contributed by atoms with Crippen molar-refractivity contribution < 1.29 is 0 Å². The Bertz CT molecular complexity index is 370. The molecule has 1 aromatic rings. The van der Waals surface area contributed by atoms with E-state index in [1.165, 1.54) is 32.1 Å². The topological polar surface area (TPSA) is 12.0 Å². The van der Waals surface area contributed by atoms with Crippen LogP contribution in [-0.2, 0) is 12.8 Å². The molecule has 2 unspecified atom stereocenters. The molecule has 2 rings (SSSR count).